The van der Waals surface area contributed by atoms with E-state index in [1.54, 1.807) is 289 Å². The van der Waals surface area contributed by atoms with Gasteiger partial charge in [-0.25, -0.2) is 0 Å². The van der Waals surface area contributed by atoms with E-state index in [-0.39, 0.29) is 0 Å². The van der Waals surface area contributed by atoms with Gasteiger partial charge in [-0.15, -0.1) is 0 Å². The quantitative estimate of drug-likeness (QED) is 0.224. The second-order valence-corrected chi connectivity index (χ2v) is 39.1. The van der Waals surface area contributed by atoms with Crippen LogP contribution in [-0.2, 0) is 0 Å². The van der Waals surface area contributed by atoms with Crippen molar-refractivity contribution in [2.45, 2.75) is 396 Å². The van der Waals surface area contributed by atoms with E-state index in [2.05, 4.69) is 30.6 Å². The van der Waals surface area contributed by atoms with Crippen molar-refractivity contribution in [3.8, 4) is 0 Å². The molecule has 17 rings (SSSR count). The summed E-state index contributed by atoms with van der Waals surface area (Å²) < 4.78 is 0. The van der Waals surface area contributed by atoms with Crippen LogP contribution in [0.4, 0.5) is 0 Å². The molecule has 0 aromatic rings. The van der Waals surface area contributed by atoms with Crippen molar-refractivity contribution in [3.63, 3.8) is 0 Å². The molecule has 2 nitrogen and oxygen atoms in total. The van der Waals surface area contributed by atoms with Crippen molar-refractivity contribution in [3.05, 3.63) is 0 Å². The van der Waals surface area contributed by atoms with E-state index in [9.17, 15) is 0 Å². The van der Waals surface area contributed by atoms with E-state index in [4.69, 9.17) is 0 Å². The van der Waals surface area contributed by atoms with Gasteiger partial charge in [0.1, 0.15) is 0 Å². The molecule has 2 saturated heterocycles. The summed E-state index contributed by atoms with van der Waals surface area (Å²) in [5.74, 6) is 25.0. The second kappa shape index (κ2) is 25.9. The number of rotatable bonds is 8. The van der Waals surface area contributed by atoms with E-state index in [1.807, 2.05) is 0 Å². The Morgan fingerprint density at radius 2 is 0.621 bits per heavy atom. The third-order valence-corrected chi connectivity index (χ3v) is 35.3. The monoisotopic (exact) mass is 1190 g/mol. The van der Waals surface area contributed by atoms with Gasteiger partial charge in [0, 0.05) is 36.3 Å². The molecule has 488 valence electrons. The minimum absolute atomic E-state index is 0.376. The molecule has 0 bridgehead atoms. The SMILES string of the molecule is CC(C)(C)C1CC2C3B(C4CC(C5CCCCC5)CCC4N2C2C(C4CCCCC4)CCCC2C2CCCCC2)C2CCC(C4CCC5C6CCCC7CCCC(C8CCCC4C85)C76)CC2N(C2C(C4CCCCC4)CCCC2C2CCCCC2)C3C1. The van der Waals surface area contributed by atoms with Crippen LogP contribution in [0.25, 0.3) is 0 Å². The first kappa shape index (κ1) is 60.6. The van der Waals surface area contributed by atoms with Crippen LogP contribution in [0.2, 0.25) is 17.5 Å². The lowest BCUT2D eigenvalue weighted by Gasteiger charge is -2.72. The molecule has 15 aliphatic carbocycles. The highest BCUT2D eigenvalue weighted by atomic mass is 15.3. The summed E-state index contributed by atoms with van der Waals surface area (Å²) in [7, 11) is 0. The van der Waals surface area contributed by atoms with Gasteiger partial charge in [-0.05, 0) is 243 Å². The molecule has 87 heavy (non-hydrogen) atoms. The predicted molar refractivity (Wildman–Crippen MR) is 367 cm³/mol. The minimum Gasteiger partial charge on any atom is -0.295 e. The van der Waals surface area contributed by atoms with Crippen LogP contribution in [-0.4, -0.2) is 52.8 Å². The average Bonchev–Trinajstić information content (AvgIpc) is 0.795. The van der Waals surface area contributed by atoms with Gasteiger partial charge in [-0.1, -0.05) is 245 Å². The normalized spacial score (nSPS) is 50.2. The van der Waals surface area contributed by atoms with Crippen LogP contribution < -0.4 is 0 Å². The van der Waals surface area contributed by atoms with Crippen molar-refractivity contribution >= 4 is 6.71 Å². The van der Waals surface area contributed by atoms with Gasteiger partial charge in [0.15, 0.2) is 6.71 Å². The molecule has 0 spiro atoms. The van der Waals surface area contributed by atoms with Crippen LogP contribution in [0.3, 0.4) is 0 Å². The molecule has 3 heteroatoms. The van der Waals surface area contributed by atoms with E-state index in [0.29, 0.717) is 5.41 Å². The Bertz CT molecular complexity index is 2170. The molecule has 0 aromatic carbocycles. The second-order valence-electron chi connectivity index (χ2n) is 39.1. The maximum absolute atomic E-state index is 3.95. The standard InChI is InChI=1S/C84H139BN2/c1-84(2,3)62-52-77-81-78(53-62)87(83-66(57-30-15-7-16-31-57)38-22-39-67(83)58-32-17-8-18-33-58)76-51-61(63-46-47-72-70-41-20-35-59-34-19-40-69(79(59)70)71-43-23-42-68(63)80(71)72)44-48-73(76)85(81)74-50-60(54-24-9-4-10-25-54)45-49-75(74)86(77)82-64(55-26-11-5-12-27-55)36-21-37-65(82)56-28-13-6-14-29-56/h54-83H,4-53H2,1-3H3. The van der Waals surface area contributed by atoms with Gasteiger partial charge in [-0.2, -0.15) is 0 Å². The Balaban J connectivity index is 0.813. The van der Waals surface area contributed by atoms with Gasteiger partial charge < -0.3 is 0 Å². The lowest BCUT2D eigenvalue weighted by Crippen LogP contribution is -2.77. The highest BCUT2D eigenvalue weighted by molar-refractivity contribution is 6.65. The Morgan fingerprint density at radius 1 is 0.241 bits per heavy atom. The third kappa shape index (κ3) is 11.0. The Labute approximate surface area is 538 Å². The lowest BCUT2D eigenvalue weighted by molar-refractivity contribution is -0.161. The zero-order chi connectivity index (χ0) is 57.9. The van der Waals surface area contributed by atoms with Crippen molar-refractivity contribution in [2.75, 3.05) is 0 Å². The van der Waals surface area contributed by atoms with E-state index >= 15 is 0 Å². The fourth-order valence-corrected chi connectivity index (χ4v) is 32.5. The molecule has 2 heterocycles. The molecule has 0 aromatic heterocycles. The Hall–Kier alpha value is -0.0151. The van der Waals surface area contributed by atoms with Crippen LogP contribution in [0.5, 0.6) is 0 Å². The zero-order valence-electron chi connectivity index (χ0n) is 57.6. The predicted octanol–water partition coefficient (Wildman–Crippen LogP) is 23.1. The average molecular weight is 1190 g/mol. The molecule has 23 unspecified atom stereocenters. The fraction of sp³-hybridized carbons (Fsp3) is 1.00. The van der Waals surface area contributed by atoms with Gasteiger partial charge >= 0.3 is 0 Å². The molecule has 15 saturated carbocycles. The van der Waals surface area contributed by atoms with Gasteiger partial charge in [-0.3, -0.25) is 9.80 Å². The van der Waals surface area contributed by atoms with Crippen molar-refractivity contribution in [2.24, 2.45) is 130 Å². The largest absolute Gasteiger partial charge is 0.295 e. The molecule has 23 atom stereocenters. The molecule has 0 N–H and O–H groups in total. The smallest absolute Gasteiger partial charge is 0.156 e. The molecule has 0 radical (unpaired) electrons. The van der Waals surface area contributed by atoms with Crippen LogP contribution in [0.15, 0.2) is 0 Å². The van der Waals surface area contributed by atoms with Gasteiger partial charge in [0.05, 0.1) is 0 Å². The summed E-state index contributed by atoms with van der Waals surface area (Å²) >= 11 is 0. The highest BCUT2D eigenvalue weighted by Crippen LogP contribution is 2.71. The lowest BCUT2D eigenvalue weighted by atomic mass is 9.17. The summed E-state index contributed by atoms with van der Waals surface area (Å²) in [6.07, 6.45) is 79.7. The van der Waals surface area contributed by atoms with Crippen LogP contribution in [0, 0.1) is 130 Å². The van der Waals surface area contributed by atoms with Crippen LogP contribution >= 0.6 is 0 Å². The Morgan fingerprint density at radius 3 is 1.10 bits per heavy atom. The number of fused-ring (bicyclic) bond motifs is 6. The molecule has 2 aliphatic heterocycles. The molecule has 17 aliphatic rings. The maximum Gasteiger partial charge on any atom is 0.156 e. The first-order valence-corrected chi connectivity index (χ1v) is 42.4. The van der Waals surface area contributed by atoms with Crippen molar-refractivity contribution in [1.29, 1.82) is 0 Å². The Kier molecular flexibility index (Phi) is 18.0. The van der Waals surface area contributed by atoms with Crippen LogP contribution in [0.1, 0.15) is 342 Å². The molecule has 17 fully saturated rings. The summed E-state index contributed by atoms with van der Waals surface area (Å²) in [5, 5.41) is 0. The van der Waals surface area contributed by atoms with Gasteiger partial charge in [0.25, 0.3) is 0 Å². The number of hydrogen-bond donors (Lipinski definition) is 0. The number of nitrogens with zero attached hydrogens (tertiary/aromatic N) is 2. The summed E-state index contributed by atoms with van der Waals surface area (Å²) in [5.41, 5.74) is 0.376. The van der Waals surface area contributed by atoms with Crippen molar-refractivity contribution < 1.29 is 0 Å². The molecular formula is C84H139BN2. The molecular weight excluding hydrogens is 1050 g/mol. The topological polar surface area (TPSA) is 6.48 Å². The van der Waals surface area contributed by atoms with E-state index in [1.165, 1.54) is 32.1 Å². The molecule has 0 amide bonds. The summed E-state index contributed by atoms with van der Waals surface area (Å²) in [6.45, 7) is 9.48. The zero-order valence-corrected chi connectivity index (χ0v) is 57.6. The van der Waals surface area contributed by atoms with Crippen molar-refractivity contribution in [1.82, 2.24) is 9.80 Å². The third-order valence-electron chi connectivity index (χ3n) is 35.3. The number of hydrogen-bond acceptors (Lipinski definition) is 2. The van der Waals surface area contributed by atoms with E-state index in [0.717, 1.165) is 185 Å². The summed E-state index contributed by atoms with van der Waals surface area (Å²) in [4.78, 5) is 7.81. The first-order chi connectivity index (χ1) is 42.8. The maximum atomic E-state index is 3.95. The summed E-state index contributed by atoms with van der Waals surface area (Å²) in [6, 6.07) is 5.26. The van der Waals surface area contributed by atoms with Gasteiger partial charge in [0.2, 0.25) is 0 Å². The van der Waals surface area contributed by atoms with E-state index < -0.39 is 0 Å². The minimum atomic E-state index is 0.376. The first-order valence-electron chi connectivity index (χ1n) is 42.4. The fourth-order valence-electron chi connectivity index (χ4n) is 32.5. The highest BCUT2D eigenvalue weighted by Gasteiger charge is 2.69.